The maximum atomic E-state index is 11.9. The van der Waals surface area contributed by atoms with Crippen molar-refractivity contribution in [3.63, 3.8) is 0 Å². The maximum absolute atomic E-state index is 11.9. The SMILES string of the molecule is C#CCN1CCN(CC(=O)NCCc2ccccc2)CC1. The Bertz CT molecular complexity index is 473. The van der Waals surface area contributed by atoms with Gasteiger partial charge in [-0.2, -0.15) is 0 Å². The highest BCUT2D eigenvalue weighted by molar-refractivity contribution is 5.78. The van der Waals surface area contributed by atoms with Gasteiger partial charge in [0.2, 0.25) is 5.91 Å². The molecule has 1 aromatic rings. The van der Waals surface area contributed by atoms with Crippen molar-refractivity contribution in [2.24, 2.45) is 0 Å². The molecule has 1 aliphatic heterocycles. The third kappa shape index (κ3) is 5.58. The van der Waals surface area contributed by atoms with Gasteiger partial charge in [0.15, 0.2) is 0 Å². The molecule has 1 heterocycles. The first-order chi connectivity index (χ1) is 10.3. The number of rotatable bonds is 6. The molecule has 1 amide bonds. The van der Waals surface area contributed by atoms with Crippen LogP contribution in [0.2, 0.25) is 0 Å². The summed E-state index contributed by atoms with van der Waals surface area (Å²) in [6, 6.07) is 10.2. The maximum Gasteiger partial charge on any atom is 0.234 e. The lowest BCUT2D eigenvalue weighted by Gasteiger charge is -2.33. The smallest absolute Gasteiger partial charge is 0.234 e. The number of hydrogen-bond donors (Lipinski definition) is 1. The lowest BCUT2D eigenvalue weighted by Crippen LogP contribution is -2.49. The van der Waals surface area contributed by atoms with Gasteiger partial charge in [-0.3, -0.25) is 14.6 Å². The zero-order valence-electron chi connectivity index (χ0n) is 12.4. The second-order valence-electron chi connectivity index (χ2n) is 5.34. The number of benzene rings is 1. The van der Waals surface area contributed by atoms with Crippen LogP contribution in [0.3, 0.4) is 0 Å². The number of terminal acetylenes is 1. The van der Waals surface area contributed by atoms with Gasteiger partial charge < -0.3 is 5.32 Å². The molecule has 0 saturated carbocycles. The van der Waals surface area contributed by atoms with Gasteiger partial charge in [0.25, 0.3) is 0 Å². The minimum atomic E-state index is 0.108. The molecule has 112 valence electrons. The van der Waals surface area contributed by atoms with Gasteiger partial charge in [-0.15, -0.1) is 6.42 Å². The number of nitrogens with one attached hydrogen (secondary N) is 1. The Kier molecular flexibility index (Phi) is 6.26. The predicted molar refractivity (Wildman–Crippen MR) is 84.9 cm³/mol. The highest BCUT2D eigenvalue weighted by Crippen LogP contribution is 2.01. The summed E-state index contributed by atoms with van der Waals surface area (Å²) in [5, 5.41) is 2.99. The van der Waals surface area contributed by atoms with E-state index in [2.05, 4.69) is 33.2 Å². The van der Waals surface area contributed by atoms with E-state index in [0.29, 0.717) is 19.6 Å². The van der Waals surface area contributed by atoms with Crippen molar-refractivity contribution in [2.75, 3.05) is 45.8 Å². The molecule has 2 rings (SSSR count). The van der Waals surface area contributed by atoms with E-state index in [-0.39, 0.29) is 5.91 Å². The number of hydrogen-bond acceptors (Lipinski definition) is 3. The number of carbonyl (C=O) groups excluding carboxylic acids is 1. The Labute approximate surface area is 127 Å². The third-order valence-electron chi connectivity index (χ3n) is 3.73. The minimum absolute atomic E-state index is 0.108. The number of piperazine rings is 1. The highest BCUT2D eigenvalue weighted by atomic mass is 16.2. The van der Waals surface area contributed by atoms with Crippen LogP contribution in [-0.4, -0.2) is 61.5 Å². The van der Waals surface area contributed by atoms with Crippen molar-refractivity contribution >= 4 is 5.91 Å². The van der Waals surface area contributed by atoms with Crippen molar-refractivity contribution in [3.8, 4) is 12.3 Å². The fourth-order valence-corrected chi connectivity index (χ4v) is 2.48. The first-order valence-corrected chi connectivity index (χ1v) is 7.47. The molecule has 4 nitrogen and oxygen atoms in total. The van der Waals surface area contributed by atoms with Crippen LogP contribution in [0.25, 0.3) is 0 Å². The van der Waals surface area contributed by atoms with Crippen molar-refractivity contribution in [2.45, 2.75) is 6.42 Å². The van der Waals surface area contributed by atoms with Crippen LogP contribution in [-0.2, 0) is 11.2 Å². The Balaban J connectivity index is 1.61. The van der Waals surface area contributed by atoms with E-state index in [1.165, 1.54) is 5.56 Å². The Hall–Kier alpha value is -1.83. The van der Waals surface area contributed by atoms with E-state index < -0.39 is 0 Å². The Morgan fingerprint density at radius 2 is 1.81 bits per heavy atom. The Morgan fingerprint density at radius 3 is 2.48 bits per heavy atom. The zero-order chi connectivity index (χ0) is 14.9. The molecule has 1 aromatic carbocycles. The monoisotopic (exact) mass is 285 g/mol. The molecular weight excluding hydrogens is 262 g/mol. The standard InChI is InChI=1S/C17H23N3O/c1-2-10-19-11-13-20(14-12-19)15-17(21)18-9-8-16-6-4-3-5-7-16/h1,3-7H,8-15H2,(H,18,21). The van der Waals surface area contributed by atoms with Crippen molar-refractivity contribution < 1.29 is 4.79 Å². The van der Waals surface area contributed by atoms with Crippen LogP contribution >= 0.6 is 0 Å². The Morgan fingerprint density at radius 1 is 1.14 bits per heavy atom. The molecule has 21 heavy (non-hydrogen) atoms. The van der Waals surface area contributed by atoms with Crippen molar-refractivity contribution in [1.29, 1.82) is 0 Å². The molecule has 0 bridgehead atoms. The molecule has 0 aromatic heterocycles. The van der Waals surface area contributed by atoms with Gasteiger partial charge in [-0.1, -0.05) is 36.3 Å². The predicted octanol–water partition coefficient (Wildman–Crippen LogP) is 0.596. The summed E-state index contributed by atoms with van der Waals surface area (Å²) in [5.74, 6) is 2.77. The summed E-state index contributed by atoms with van der Waals surface area (Å²) < 4.78 is 0. The van der Waals surface area contributed by atoms with Gasteiger partial charge in [0.1, 0.15) is 0 Å². The summed E-state index contributed by atoms with van der Waals surface area (Å²) in [5.41, 5.74) is 1.25. The fourth-order valence-electron chi connectivity index (χ4n) is 2.48. The summed E-state index contributed by atoms with van der Waals surface area (Å²) in [7, 11) is 0. The van der Waals surface area contributed by atoms with E-state index in [4.69, 9.17) is 6.42 Å². The summed E-state index contributed by atoms with van der Waals surface area (Å²) in [6.07, 6.45) is 6.19. The van der Waals surface area contributed by atoms with E-state index in [9.17, 15) is 4.79 Å². The second-order valence-corrected chi connectivity index (χ2v) is 5.34. The van der Waals surface area contributed by atoms with Gasteiger partial charge in [0, 0.05) is 32.7 Å². The molecule has 0 aliphatic carbocycles. The lowest BCUT2D eigenvalue weighted by atomic mass is 10.1. The van der Waals surface area contributed by atoms with Crippen molar-refractivity contribution in [3.05, 3.63) is 35.9 Å². The molecule has 4 heteroatoms. The molecule has 0 atom stereocenters. The number of carbonyl (C=O) groups is 1. The topological polar surface area (TPSA) is 35.6 Å². The molecule has 0 unspecified atom stereocenters. The first kappa shape index (κ1) is 15.6. The fraction of sp³-hybridized carbons (Fsp3) is 0.471. The van der Waals surface area contributed by atoms with Crippen molar-refractivity contribution in [1.82, 2.24) is 15.1 Å². The second kappa shape index (κ2) is 8.46. The third-order valence-corrected chi connectivity index (χ3v) is 3.73. The summed E-state index contributed by atoms with van der Waals surface area (Å²) in [6.45, 7) is 5.60. The van der Waals surface area contributed by atoms with E-state index in [1.807, 2.05) is 18.2 Å². The number of amides is 1. The zero-order valence-corrected chi connectivity index (χ0v) is 12.4. The molecule has 1 fully saturated rings. The van der Waals surface area contributed by atoms with E-state index in [1.54, 1.807) is 0 Å². The van der Waals surface area contributed by atoms with Crippen LogP contribution in [0.1, 0.15) is 5.56 Å². The molecule has 0 spiro atoms. The normalized spacial score (nSPS) is 16.3. The molecule has 1 aliphatic rings. The summed E-state index contributed by atoms with van der Waals surface area (Å²) >= 11 is 0. The largest absolute Gasteiger partial charge is 0.355 e. The molecule has 1 saturated heterocycles. The number of nitrogens with zero attached hydrogens (tertiary/aromatic N) is 2. The van der Waals surface area contributed by atoms with Crippen LogP contribution in [0.15, 0.2) is 30.3 Å². The molecule has 0 radical (unpaired) electrons. The van der Waals surface area contributed by atoms with Crippen LogP contribution in [0.5, 0.6) is 0 Å². The molecular formula is C17H23N3O. The van der Waals surface area contributed by atoms with Crippen LogP contribution in [0, 0.1) is 12.3 Å². The van der Waals surface area contributed by atoms with Crippen LogP contribution in [0.4, 0.5) is 0 Å². The minimum Gasteiger partial charge on any atom is -0.355 e. The van der Waals surface area contributed by atoms with E-state index >= 15 is 0 Å². The average molecular weight is 285 g/mol. The van der Waals surface area contributed by atoms with Gasteiger partial charge >= 0.3 is 0 Å². The van der Waals surface area contributed by atoms with Gasteiger partial charge in [0.05, 0.1) is 13.1 Å². The van der Waals surface area contributed by atoms with E-state index in [0.717, 1.165) is 32.6 Å². The molecule has 1 N–H and O–H groups in total. The van der Waals surface area contributed by atoms with Gasteiger partial charge in [-0.05, 0) is 12.0 Å². The summed E-state index contributed by atoms with van der Waals surface area (Å²) in [4.78, 5) is 16.3. The lowest BCUT2D eigenvalue weighted by molar-refractivity contribution is -0.122. The van der Waals surface area contributed by atoms with Gasteiger partial charge in [-0.25, -0.2) is 0 Å². The van der Waals surface area contributed by atoms with Crippen LogP contribution < -0.4 is 5.32 Å². The first-order valence-electron chi connectivity index (χ1n) is 7.47. The average Bonchev–Trinajstić information content (AvgIpc) is 2.51. The highest BCUT2D eigenvalue weighted by Gasteiger charge is 2.17. The quantitative estimate of drug-likeness (QED) is 0.777.